The third-order valence-corrected chi connectivity index (χ3v) is 8.69. The molecule has 2 aliphatic heterocycles. The lowest BCUT2D eigenvalue weighted by atomic mass is 10.0. The van der Waals surface area contributed by atoms with Gasteiger partial charge in [0.2, 0.25) is 0 Å². The van der Waals surface area contributed by atoms with Gasteiger partial charge >= 0.3 is 10.2 Å². The summed E-state index contributed by atoms with van der Waals surface area (Å²) in [7, 11) is -3.94. The summed E-state index contributed by atoms with van der Waals surface area (Å²) in [5, 5.41) is 8.18. The van der Waals surface area contributed by atoms with Gasteiger partial charge in [-0.05, 0) is 37.1 Å². The summed E-state index contributed by atoms with van der Waals surface area (Å²) in [6, 6.07) is 6.22. The van der Waals surface area contributed by atoms with E-state index >= 15 is 4.39 Å². The van der Waals surface area contributed by atoms with Crippen LogP contribution in [0.2, 0.25) is 5.02 Å². The highest BCUT2D eigenvalue weighted by atomic mass is 35.5. The number of anilines is 2. The highest BCUT2D eigenvalue weighted by molar-refractivity contribution is 7.90. The number of rotatable bonds is 7. The molecular weight excluding hydrogens is 557 g/mol. The Kier molecular flexibility index (Phi) is 7.36. The minimum Gasteiger partial charge on any atom is -0.366 e. The van der Waals surface area contributed by atoms with E-state index < -0.39 is 16.0 Å². The molecule has 2 fully saturated rings. The summed E-state index contributed by atoms with van der Waals surface area (Å²) < 4.78 is 47.0. The van der Waals surface area contributed by atoms with Gasteiger partial charge < -0.3 is 10.2 Å². The van der Waals surface area contributed by atoms with E-state index in [0.29, 0.717) is 35.9 Å². The first kappa shape index (κ1) is 26.6. The van der Waals surface area contributed by atoms with E-state index in [0.717, 1.165) is 44.7 Å². The number of piperazine rings is 1. The fourth-order valence-corrected chi connectivity index (χ4v) is 6.42. The summed E-state index contributed by atoms with van der Waals surface area (Å²) >= 11 is 6.39. The van der Waals surface area contributed by atoms with Crippen molar-refractivity contribution in [3.8, 4) is 28.3 Å². The highest BCUT2D eigenvalue weighted by Crippen LogP contribution is 2.38. The zero-order chi connectivity index (χ0) is 27.7. The molecule has 11 nitrogen and oxygen atoms in total. The number of halogens is 2. The van der Waals surface area contributed by atoms with Crippen LogP contribution in [0, 0.1) is 5.82 Å². The van der Waals surface area contributed by atoms with Gasteiger partial charge in [-0.1, -0.05) is 11.6 Å². The van der Waals surface area contributed by atoms with Crippen LogP contribution in [-0.4, -0.2) is 76.7 Å². The molecule has 0 spiro atoms. The van der Waals surface area contributed by atoms with Crippen molar-refractivity contribution in [1.82, 2.24) is 34.4 Å². The Hall–Kier alpha value is -3.65. The van der Waals surface area contributed by atoms with Crippen molar-refractivity contribution in [2.75, 3.05) is 48.9 Å². The molecule has 0 amide bonds. The van der Waals surface area contributed by atoms with E-state index in [9.17, 15) is 8.42 Å². The van der Waals surface area contributed by atoms with Gasteiger partial charge in [-0.2, -0.15) is 17.8 Å². The maximum atomic E-state index is 16.0. The Morgan fingerprint density at radius 2 is 1.68 bits per heavy atom. The number of aromatic nitrogens is 5. The number of nitrogens with zero attached hydrogens (tertiary/aromatic N) is 7. The molecule has 14 heteroatoms. The Balaban J connectivity index is 1.40. The average molecular weight is 584 g/mol. The molecule has 0 unspecified atom stereocenters. The predicted molar refractivity (Wildman–Crippen MR) is 151 cm³/mol. The van der Waals surface area contributed by atoms with Crippen LogP contribution in [0.1, 0.15) is 12.8 Å². The summed E-state index contributed by atoms with van der Waals surface area (Å²) in [6.45, 7) is 4.27. The SMILES string of the molecule is O=S(=O)(Nc1cc(Cl)cc(-c2cn(-c3ncc(N4CCNCC4)cn3)nc2-c2ccncc2)c1F)N1CCCC1. The number of hydrogen-bond acceptors (Lipinski definition) is 8. The Labute approximate surface area is 236 Å². The predicted octanol–water partition coefficient (Wildman–Crippen LogP) is 3.35. The molecule has 0 atom stereocenters. The van der Waals surface area contributed by atoms with Gasteiger partial charge in [0, 0.05) is 79.6 Å². The normalized spacial score (nSPS) is 16.4. The number of benzene rings is 1. The fraction of sp³-hybridized carbons (Fsp3) is 0.308. The van der Waals surface area contributed by atoms with Crippen molar-refractivity contribution in [3.05, 3.63) is 66.1 Å². The largest absolute Gasteiger partial charge is 0.366 e. The highest BCUT2D eigenvalue weighted by Gasteiger charge is 2.28. The van der Waals surface area contributed by atoms with Crippen molar-refractivity contribution < 1.29 is 12.8 Å². The molecule has 0 aliphatic carbocycles. The molecular formula is C26H27ClFN9O2S. The van der Waals surface area contributed by atoms with Crippen LogP contribution in [0.25, 0.3) is 28.3 Å². The summed E-state index contributed by atoms with van der Waals surface area (Å²) in [4.78, 5) is 15.3. The monoisotopic (exact) mass is 583 g/mol. The van der Waals surface area contributed by atoms with Crippen LogP contribution in [-0.2, 0) is 10.2 Å². The van der Waals surface area contributed by atoms with Gasteiger partial charge in [0.25, 0.3) is 5.95 Å². The molecule has 0 radical (unpaired) electrons. The summed E-state index contributed by atoms with van der Waals surface area (Å²) in [6.07, 6.45) is 9.84. The molecule has 40 heavy (non-hydrogen) atoms. The zero-order valence-electron chi connectivity index (χ0n) is 21.5. The standard InChI is InChI=1S/C26H27ClFN9O2S/c27-19-13-21(24(28)23(14-19)34-40(38,39)36-9-1-2-10-36)22-17-37(33-25(22)18-3-5-29-6-4-18)26-31-15-20(16-32-26)35-11-7-30-8-12-35/h3-6,13-17,30,34H,1-2,7-12H2. The van der Waals surface area contributed by atoms with E-state index in [-0.39, 0.29) is 16.3 Å². The van der Waals surface area contributed by atoms with Crippen molar-refractivity contribution >= 4 is 33.2 Å². The number of hydrogen-bond donors (Lipinski definition) is 2. The van der Waals surface area contributed by atoms with Crippen molar-refractivity contribution in [3.63, 3.8) is 0 Å². The van der Waals surface area contributed by atoms with Gasteiger partial charge in [-0.25, -0.2) is 19.0 Å². The molecule has 1 aromatic carbocycles. The second-order valence-electron chi connectivity index (χ2n) is 9.58. The van der Waals surface area contributed by atoms with E-state index in [2.05, 4.69) is 29.9 Å². The lowest BCUT2D eigenvalue weighted by molar-refractivity contribution is 0.482. The zero-order valence-corrected chi connectivity index (χ0v) is 23.0. The molecule has 208 valence electrons. The first-order valence-electron chi connectivity index (χ1n) is 12.9. The third-order valence-electron chi connectivity index (χ3n) is 6.95. The molecule has 2 aliphatic rings. The molecule has 2 N–H and O–H groups in total. The fourth-order valence-electron chi connectivity index (χ4n) is 4.91. The van der Waals surface area contributed by atoms with Crippen LogP contribution in [0.4, 0.5) is 15.8 Å². The van der Waals surface area contributed by atoms with Crippen LogP contribution < -0.4 is 14.9 Å². The molecule has 0 saturated carbocycles. The van der Waals surface area contributed by atoms with E-state index in [1.54, 1.807) is 43.1 Å². The van der Waals surface area contributed by atoms with Gasteiger partial charge in [0.1, 0.15) is 5.69 Å². The maximum Gasteiger partial charge on any atom is 0.301 e. The molecule has 0 bridgehead atoms. The van der Waals surface area contributed by atoms with Crippen LogP contribution in [0.5, 0.6) is 0 Å². The number of pyridine rings is 1. The minimum atomic E-state index is -3.94. The van der Waals surface area contributed by atoms with E-state index in [1.807, 2.05) is 0 Å². The lowest BCUT2D eigenvalue weighted by Crippen LogP contribution is -2.43. The van der Waals surface area contributed by atoms with Crippen molar-refractivity contribution in [2.24, 2.45) is 0 Å². The lowest BCUT2D eigenvalue weighted by Gasteiger charge is -2.28. The van der Waals surface area contributed by atoms with Crippen molar-refractivity contribution in [2.45, 2.75) is 12.8 Å². The van der Waals surface area contributed by atoms with Crippen LogP contribution in [0.3, 0.4) is 0 Å². The van der Waals surface area contributed by atoms with Crippen LogP contribution >= 0.6 is 11.6 Å². The quantitative estimate of drug-likeness (QED) is 0.340. The summed E-state index contributed by atoms with van der Waals surface area (Å²) in [5.41, 5.74) is 2.26. The maximum absolute atomic E-state index is 16.0. The Morgan fingerprint density at radius 3 is 2.38 bits per heavy atom. The topological polar surface area (TPSA) is 121 Å². The van der Waals surface area contributed by atoms with Gasteiger partial charge in [-0.15, -0.1) is 0 Å². The van der Waals surface area contributed by atoms with E-state index in [1.165, 1.54) is 21.1 Å². The Morgan fingerprint density at radius 1 is 0.975 bits per heavy atom. The smallest absolute Gasteiger partial charge is 0.301 e. The van der Waals surface area contributed by atoms with Gasteiger partial charge in [0.05, 0.1) is 23.8 Å². The van der Waals surface area contributed by atoms with Crippen molar-refractivity contribution in [1.29, 1.82) is 0 Å². The molecule has 3 aromatic heterocycles. The first-order valence-corrected chi connectivity index (χ1v) is 14.8. The first-order chi connectivity index (χ1) is 19.4. The Bertz CT molecular complexity index is 1610. The van der Waals surface area contributed by atoms with E-state index in [4.69, 9.17) is 16.7 Å². The van der Waals surface area contributed by atoms with Crippen LogP contribution in [0.15, 0.2) is 55.2 Å². The minimum absolute atomic E-state index is 0.0853. The third kappa shape index (κ3) is 5.37. The molecule has 2 saturated heterocycles. The second kappa shape index (κ2) is 11.1. The summed E-state index contributed by atoms with van der Waals surface area (Å²) in [5.74, 6) is -0.463. The number of nitrogens with one attached hydrogen (secondary N) is 2. The second-order valence-corrected chi connectivity index (χ2v) is 11.7. The molecule has 6 rings (SSSR count). The molecule has 5 heterocycles. The van der Waals surface area contributed by atoms with Gasteiger partial charge in [-0.3, -0.25) is 9.71 Å². The van der Waals surface area contributed by atoms with Gasteiger partial charge in [0.15, 0.2) is 5.82 Å². The average Bonchev–Trinajstić information content (AvgIpc) is 3.68. The molecule has 4 aromatic rings.